The molecule has 2 aromatic carbocycles. The first kappa shape index (κ1) is 16.3. The molecule has 1 fully saturated rings. The molecule has 0 bridgehead atoms. The third-order valence-electron chi connectivity index (χ3n) is 4.67. The van der Waals surface area contributed by atoms with Crippen LogP contribution in [0.15, 0.2) is 36.4 Å². The van der Waals surface area contributed by atoms with Crippen molar-refractivity contribution in [1.82, 2.24) is 0 Å². The molecule has 26 heavy (non-hydrogen) atoms. The fourth-order valence-corrected chi connectivity index (χ4v) is 3.34. The summed E-state index contributed by atoms with van der Waals surface area (Å²) in [6.45, 7) is 0. The summed E-state index contributed by atoms with van der Waals surface area (Å²) in [6.07, 6.45) is -1.09. The van der Waals surface area contributed by atoms with E-state index in [9.17, 15) is 9.59 Å². The highest BCUT2D eigenvalue weighted by atomic mass is 16.7. The van der Waals surface area contributed by atoms with Crippen LogP contribution >= 0.6 is 0 Å². The van der Waals surface area contributed by atoms with E-state index in [1.54, 1.807) is 36.4 Å². The van der Waals surface area contributed by atoms with E-state index in [2.05, 4.69) is 0 Å². The number of hydrogen-bond acceptors (Lipinski definition) is 7. The maximum Gasteiger partial charge on any atom is 0.354 e. The molecule has 134 valence electrons. The molecule has 0 N–H and O–H groups in total. The van der Waals surface area contributed by atoms with E-state index in [-0.39, 0.29) is 5.78 Å². The lowest BCUT2D eigenvalue weighted by Crippen LogP contribution is -2.68. The molecule has 7 heteroatoms. The minimum atomic E-state index is -1.57. The lowest BCUT2D eigenvalue weighted by Gasteiger charge is -2.48. The summed E-state index contributed by atoms with van der Waals surface area (Å²) in [4.78, 5) is 25.4. The van der Waals surface area contributed by atoms with Crippen LogP contribution in [0, 0.1) is 0 Å². The highest BCUT2D eigenvalue weighted by molar-refractivity contribution is 6.13. The third kappa shape index (κ3) is 2.00. The number of Topliss-reactive ketones (excluding diaryl/α,β-unsaturated/α-hetero) is 1. The Hall–Kier alpha value is -3.22. The SMILES string of the molecule is COc1ccc2c(c1)OC1C(=O)OC1(c1ccc(OC)cc1OC)C2=O. The summed E-state index contributed by atoms with van der Waals surface area (Å²) in [7, 11) is 4.51. The van der Waals surface area contributed by atoms with Crippen LogP contribution in [0.2, 0.25) is 0 Å². The zero-order valence-electron chi connectivity index (χ0n) is 14.4. The second-order valence-corrected chi connectivity index (χ2v) is 5.91. The van der Waals surface area contributed by atoms with Crippen molar-refractivity contribution in [2.75, 3.05) is 21.3 Å². The summed E-state index contributed by atoms with van der Waals surface area (Å²) in [5, 5.41) is 0. The number of methoxy groups -OCH3 is 3. The topological polar surface area (TPSA) is 80.3 Å². The number of carbonyl (C=O) groups excluding carboxylic acids is 2. The Morgan fingerprint density at radius 1 is 0.923 bits per heavy atom. The zero-order chi connectivity index (χ0) is 18.5. The molecule has 0 spiro atoms. The van der Waals surface area contributed by atoms with Gasteiger partial charge in [0.15, 0.2) is 0 Å². The highest BCUT2D eigenvalue weighted by Gasteiger charge is 2.68. The molecular weight excluding hydrogens is 340 g/mol. The van der Waals surface area contributed by atoms with Gasteiger partial charge in [-0.15, -0.1) is 0 Å². The molecule has 0 aromatic heterocycles. The number of benzene rings is 2. The van der Waals surface area contributed by atoms with Crippen LogP contribution in [0.4, 0.5) is 0 Å². The van der Waals surface area contributed by atoms with Gasteiger partial charge in [-0.3, -0.25) is 4.79 Å². The Balaban J connectivity index is 1.88. The second-order valence-electron chi connectivity index (χ2n) is 5.91. The third-order valence-corrected chi connectivity index (χ3v) is 4.67. The van der Waals surface area contributed by atoms with E-state index < -0.39 is 17.7 Å². The normalized spacial score (nSPS) is 23.0. The Bertz CT molecular complexity index is 920. The van der Waals surface area contributed by atoms with Gasteiger partial charge in [0.1, 0.15) is 23.0 Å². The van der Waals surface area contributed by atoms with Crippen molar-refractivity contribution in [3.05, 3.63) is 47.5 Å². The maximum atomic E-state index is 13.3. The smallest absolute Gasteiger partial charge is 0.354 e. The number of hydrogen-bond donors (Lipinski definition) is 0. The Morgan fingerprint density at radius 2 is 1.62 bits per heavy atom. The molecule has 2 aliphatic heterocycles. The van der Waals surface area contributed by atoms with Crippen LogP contribution in [0.25, 0.3) is 0 Å². The fourth-order valence-electron chi connectivity index (χ4n) is 3.34. The number of ketones is 1. The predicted molar refractivity (Wildman–Crippen MR) is 89.1 cm³/mol. The van der Waals surface area contributed by atoms with E-state index in [0.717, 1.165) is 0 Å². The lowest BCUT2D eigenvalue weighted by atomic mass is 9.75. The van der Waals surface area contributed by atoms with Crippen molar-refractivity contribution in [1.29, 1.82) is 0 Å². The molecular formula is C19H16O7. The van der Waals surface area contributed by atoms with Gasteiger partial charge in [-0.2, -0.15) is 0 Å². The maximum absolute atomic E-state index is 13.3. The van der Waals surface area contributed by atoms with Crippen molar-refractivity contribution >= 4 is 11.8 Å². The van der Waals surface area contributed by atoms with Crippen molar-refractivity contribution in [3.63, 3.8) is 0 Å². The second kappa shape index (κ2) is 5.66. The molecule has 2 aromatic rings. The van der Waals surface area contributed by atoms with Crippen LogP contribution in [-0.2, 0) is 15.1 Å². The van der Waals surface area contributed by atoms with Crippen molar-refractivity contribution in [3.8, 4) is 23.0 Å². The van der Waals surface area contributed by atoms with Gasteiger partial charge in [-0.1, -0.05) is 0 Å². The summed E-state index contributed by atoms with van der Waals surface area (Å²) >= 11 is 0. The molecule has 7 nitrogen and oxygen atoms in total. The van der Waals surface area contributed by atoms with Gasteiger partial charge in [-0.05, 0) is 24.3 Å². The van der Waals surface area contributed by atoms with Gasteiger partial charge < -0.3 is 23.7 Å². The van der Waals surface area contributed by atoms with Crippen LogP contribution in [-0.4, -0.2) is 39.2 Å². The molecule has 2 aliphatic rings. The van der Waals surface area contributed by atoms with Crippen LogP contribution < -0.4 is 18.9 Å². The summed E-state index contributed by atoms with van der Waals surface area (Å²) in [6, 6.07) is 9.77. The molecule has 0 saturated carbocycles. The minimum Gasteiger partial charge on any atom is -0.497 e. The molecule has 2 heterocycles. The number of ether oxygens (including phenoxy) is 5. The summed E-state index contributed by atoms with van der Waals surface area (Å²) in [5.74, 6) is 0.770. The Labute approximate surface area is 149 Å². The number of rotatable bonds is 4. The monoisotopic (exact) mass is 356 g/mol. The first-order chi connectivity index (χ1) is 12.5. The average Bonchev–Trinajstić information content (AvgIpc) is 2.68. The number of carbonyl (C=O) groups is 2. The van der Waals surface area contributed by atoms with Gasteiger partial charge >= 0.3 is 5.97 Å². The van der Waals surface area contributed by atoms with Gasteiger partial charge in [0.25, 0.3) is 5.60 Å². The van der Waals surface area contributed by atoms with Crippen molar-refractivity contribution < 1.29 is 33.3 Å². The first-order valence-corrected chi connectivity index (χ1v) is 7.90. The fraction of sp³-hybridized carbons (Fsp3) is 0.263. The van der Waals surface area contributed by atoms with E-state index in [1.807, 2.05) is 0 Å². The van der Waals surface area contributed by atoms with E-state index in [0.29, 0.717) is 34.1 Å². The van der Waals surface area contributed by atoms with Crippen LogP contribution in [0.5, 0.6) is 23.0 Å². The van der Waals surface area contributed by atoms with E-state index in [1.165, 1.54) is 21.3 Å². The molecule has 0 amide bonds. The Morgan fingerprint density at radius 3 is 2.27 bits per heavy atom. The van der Waals surface area contributed by atoms with E-state index in [4.69, 9.17) is 23.7 Å². The predicted octanol–water partition coefficient (Wildman–Crippen LogP) is 2.11. The molecule has 0 radical (unpaired) electrons. The van der Waals surface area contributed by atoms with Gasteiger partial charge in [0.2, 0.25) is 11.9 Å². The molecule has 1 saturated heterocycles. The van der Waals surface area contributed by atoms with Crippen molar-refractivity contribution in [2.45, 2.75) is 11.7 Å². The van der Waals surface area contributed by atoms with Gasteiger partial charge in [0, 0.05) is 12.1 Å². The number of fused-ring (bicyclic) bond motifs is 2. The van der Waals surface area contributed by atoms with Crippen LogP contribution in [0.3, 0.4) is 0 Å². The largest absolute Gasteiger partial charge is 0.497 e. The minimum absolute atomic E-state index is 0.291. The first-order valence-electron chi connectivity index (χ1n) is 7.90. The summed E-state index contributed by atoms with van der Waals surface area (Å²) in [5.41, 5.74) is -0.847. The van der Waals surface area contributed by atoms with Gasteiger partial charge in [0.05, 0.1) is 32.5 Å². The lowest BCUT2D eigenvalue weighted by molar-refractivity contribution is -0.216. The molecule has 2 unspecified atom stereocenters. The van der Waals surface area contributed by atoms with Gasteiger partial charge in [-0.25, -0.2) is 4.79 Å². The number of esters is 1. The summed E-state index contributed by atoms with van der Waals surface area (Å²) < 4.78 is 26.9. The van der Waals surface area contributed by atoms with Crippen molar-refractivity contribution in [2.24, 2.45) is 0 Å². The zero-order valence-corrected chi connectivity index (χ0v) is 14.4. The molecule has 4 rings (SSSR count). The quantitative estimate of drug-likeness (QED) is 0.776. The van der Waals surface area contributed by atoms with E-state index >= 15 is 0 Å². The standard InChI is InChI=1S/C19H16O7/c1-22-10-4-6-12-14(8-10)25-17-18(21)26-19(17,16(12)20)13-7-5-11(23-2)9-15(13)24-3/h4-9,17H,1-3H3. The van der Waals surface area contributed by atoms with Crippen LogP contribution in [0.1, 0.15) is 15.9 Å². The Kier molecular flexibility index (Phi) is 3.54. The molecule has 2 atom stereocenters. The highest BCUT2D eigenvalue weighted by Crippen LogP contribution is 2.51. The molecule has 0 aliphatic carbocycles. The average molecular weight is 356 g/mol.